The SMILES string of the molecule is COc1cccc(C(=O)O)c1OCC(=O)NC1CCCC1. The molecule has 6 heteroatoms. The Morgan fingerprint density at radius 3 is 2.67 bits per heavy atom. The van der Waals surface area contributed by atoms with Crippen LogP contribution in [0.1, 0.15) is 36.0 Å². The van der Waals surface area contributed by atoms with Crippen molar-refractivity contribution < 1.29 is 24.2 Å². The number of hydrogen-bond donors (Lipinski definition) is 2. The molecule has 1 saturated carbocycles. The van der Waals surface area contributed by atoms with E-state index in [0.29, 0.717) is 5.75 Å². The summed E-state index contributed by atoms with van der Waals surface area (Å²) in [6.45, 7) is -0.225. The second-order valence-corrected chi connectivity index (χ2v) is 4.98. The van der Waals surface area contributed by atoms with Gasteiger partial charge in [-0.05, 0) is 25.0 Å². The molecule has 114 valence electrons. The van der Waals surface area contributed by atoms with Gasteiger partial charge in [-0.25, -0.2) is 4.79 Å². The van der Waals surface area contributed by atoms with Crippen molar-refractivity contribution in [2.24, 2.45) is 0 Å². The predicted octanol–water partition coefficient (Wildman–Crippen LogP) is 1.83. The van der Waals surface area contributed by atoms with Gasteiger partial charge in [-0.2, -0.15) is 0 Å². The molecule has 2 rings (SSSR count). The van der Waals surface area contributed by atoms with Crippen molar-refractivity contribution in [3.05, 3.63) is 23.8 Å². The Labute approximate surface area is 123 Å². The van der Waals surface area contributed by atoms with Gasteiger partial charge in [-0.3, -0.25) is 4.79 Å². The minimum atomic E-state index is -1.12. The van der Waals surface area contributed by atoms with E-state index in [-0.39, 0.29) is 29.9 Å². The number of nitrogens with one attached hydrogen (secondary N) is 1. The Bertz CT molecular complexity index is 523. The molecule has 0 bridgehead atoms. The van der Waals surface area contributed by atoms with Crippen LogP contribution in [-0.2, 0) is 4.79 Å². The van der Waals surface area contributed by atoms with Crippen LogP contribution in [0.15, 0.2) is 18.2 Å². The van der Waals surface area contributed by atoms with Crippen molar-refractivity contribution in [3.63, 3.8) is 0 Å². The van der Waals surface area contributed by atoms with Crippen LogP contribution in [0.3, 0.4) is 0 Å². The van der Waals surface area contributed by atoms with Gasteiger partial charge >= 0.3 is 5.97 Å². The van der Waals surface area contributed by atoms with Crippen LogP contribution in [0, 0.1) is 0 Å². The van der Waals surface area contributed by atoms with Crippen molar-refractivity contribution in [1.82, 2.24) is 5.32 Å². The number of ether oxygens (including phenoxy) is 2. The van der Waals surface area contributed by atoms with Crippen molar-refractivity contribution in [2.45, 2.75) is 31.7 Å². The Hall–Kier alpha value is -2.24. The first-order chi connectivity index (χ1) is 10.1. The summed E-state index contributed by atoms with van der Waals surface area (Å²) in [6.07, 6.45) is 4.23. The van der Waals surface area contributed by atoms with Gasteiger partial charge in [0, 0.05) is 6.04 Å². The van der Waals surface area contributed by atoms with Crippen LogP contribution in [0.5, 0.6) is 11.5 Å². The van der Waals surface area contributed by atoms with Gasteiger partial charge in [0.1, 0.15) is 5.56 Å². The second-order valence-electron chi connectivity index (χ2n) is 4.98. The van der Waals surface area contributed by atoms with Crippen molar-refractivity contribution in [1.29, 1.82) is 0 Å². The number of methoxy groups -OCH3 is 1. The maximum absolute atomic E-state index is 11.8. The summed E-state index contributed by atoms with van der Waals surface area (Å²) in [5.74, 6) is -0.998. The maximum Gasteiger partial charge on any atom is 0.339 e. The largest absolute Gasteiger partial charge is 0.493 e. The maximum atomic E-state index is 11.8. The molecule has 21 heavy (non-hydrogen) atoms. The first-order valence-electron chi connectivity index (χ1n) is 6.94. The van der Waals surface area contributed by atoms with Crippen molar-refractivity contribution in [3.8, 4) is 11.5 Å². The molecule has 0 radical (unpaired) electrons. The van der Waals surface area contributed by atoms with Crippen LogP contribution in [-0.4, -0.2) is 36.7 Å². The molecule has 1 aromatic rings. The molecule has 0 saturated heterocycles. The molecule has 0 heterocycles. The lowest BCUT2D eigenvalue weighted by Gasteiger charge is -2.15. The summed E-state index contributed by atoms with van der Waals surface area (Å²) in [7, 11) is 1.42. The third kappa shape index (κ3) is 3.87. The van der Waals surface area contributed by atoms with Gasteiger partial charge in [0.05, 0.1) is 7.11 Å². The summed E-state index contributed by atoms with van der Waals surface area (Å²) in [5.41, 5.74) is -0.0250. The fourth-order valence-electron chi connectivity index (χ4n) is 2.47. The van der Waals surface area contributed by atoms with E-state index < -0.39 is 5.97 Å². The molecular weight excluding hydrogens is 274 g/mol. The van der Waals surface area contributed by atoms with E-state index in [9.17, 15) is 9.59 Å². The lowest BCUT2D eigenvalue weighted by atomic mass is 10.2. The monoisotopic (exact) mass is 293 g/mol. The zero-order valence-corrected chi connectivity index (χ0v) is 11.9. The first kappa shape index (κ1) is 15.2. The Morgan fingerprint density at radius 1 is 1.33 bits per heavy atom. The third-order valence-electron chi connectivity index (χ3n) is 3.50. The average Bonchev–Trinajstić information content (AvgIpc) is 2.97. The third-order valence-corrected chi connectivity index (χ3v) is 3.50. The first-order valence-corrected chi connectivity index (χ1v) is 6.94. The Morgan fingerprint density at radius 2 is 2.05 bits per heavy atom. The van der Waals surface area contributed by atoms with Crippen LogP contribution in [0.2, 0.25) is 0 Å². The smallest absolute Gasteiger partial charge is 0.339 e. The average molecular weight is 293 g/mol. The summed E-state index contributed by atoms with van der Waals surface area (Å²) >= 11 is 0. The second kappa shape index (κ2) is 6.97. The van der Waals surface area contributed by atoms with Gasteiger partial charge in [0.25, 0.3) is 5.91 Å². The van der Waals surface area contributed by atoms with Crippen molar-refractivity contribution >= 4 is 11.9 Å². The van der Waals surface area contributed by atoms with Crippen LogP contribution < -0.4 is 14.8 Å². The molecule has 0 spiro atoms. The number of amides is 1. The van der Waals surface area contributed by atoms with E-state index in [0.717, 1.165) is 25.7 Å². The summed E-state index contributed by atoms with van der Waals surface area (Å²) in [6, 6.07) is 4.78. The van der Waals surface area contributed by atoms with Gasteiger partial charge in [0.2, 0.25) is 0 Å². The van der Waals surface area contributed by atoms with E-state index in [1.54, 1.807) is 12.1 Å². The van der Waals surface area contributed by atoms with E-state index in [4.69, 9.17) is 14.6 Å². The number of para-hydroxylation sites is 1. The lowest BCUT2D eigenvalue weighted by Crippen LogP contribution is -2.36. The molecule has 0 unspecified atom stereocenters. The van der Waals surface area contributed by atoms with E-state index in [1.165, 1.54) is 13.2 Å². The molecule has 0 atom stereocenters. The minimum Gasteiger partial charge on any atom is -0.493 e. The molecule has 2 N–H and O–H groups in total. The quantitative estimate of drug-likeness (QED) is 0.836. The summed E-state index contributed by atoms with van der Waals surface area (Å²) in [4.78, 5) is 23.0. The number of aromatic carboxylic acids is 1. The topological polar surface area (TPSA) is 84.9 Å². The van der Waals surface area contributed by atoms with Gasteiger partial charge in [-0.1, -0.05) is 18.9 Å². The molecule has 1 aliphatic rings. The van der Waals surface area contributed by atoms with Gasteiger partial charge in [-0.15, -0.1) is 0 Å². The van der Waals surface area contributed by atoms with Crippen LogP contribution >= 0.6 is 0 Å². The fourth-order valence-corrected chi connectivity index (χ4v) is 2.47. The number of carbonyl (C=O) groups excluding carboxylic acids is 1. The normalized spacial score (nSPS) is 14.7. The highest BCUT2D eigenvalue weighted by Crippen LogP contribution is 2.31. The molecule has 0 aliphatic heterocycles. The van der Waals surface area contributed by atoms with Crippen molar-refractivity contribution in [2.75, 3.05) is 13.7 Å². The number of benzene rings is 1. The summed E-state index contributed by atoms with van der Waals surface area (Å²) < 4.78 is 10.5. The van der Waals surface area contributed by atoms with Gasteiger partial charge in [0.15, 0.2) is 18.1 Å². The Balaban J connectivity index is 2.01. The molecule has 1 aromatic carbocycles. The van der Waals surface area contributed by atoms with E-state index >= 15 is 0 Å². The highest BCUT2D eigenvalue weighted by molar-refractivity contribution is 5.92. The molecule has 1 amide bonds. The number of carboxylic acids is 1. The summed E-state index contributed by atoms with van der Waals surface area (Å²) in [5, 5.41) is 12.0. The number of rotatable bonds is 6. The lowest BCUT2D eigenvalue weighted by molar-refractivity contribution is -0.123. The molecular formula is C15H19NO5. The molecule has 0 aromatic heterocycles. The Kier molecular flexibility index (Phi) is 5.03. The molecule has 1 fully saturated rings. The fraction of sp³-hybridized carbons (Fsp3) is 0.467. The zero-order chi connectivity index (χ0) is 15.2. The predicted molar refractivity (Wildman–Crippen MR) is 75.8 cm³/mol. The van der Waals surface area contributed by atoms with E-state index in [2.05, 4.69) is 5.32 Å². The standard InChI is InChI=1S/C15H19NO5/c1-20-12-8-4-7-11(15(18)19)14(12)21-9-13(17)16-10-5-2-3-6-10/h4,7-8,10H,2-3,5-6,9H2,1H3,(H,16,17)(H,18,19). The van der Waals surface area contributed by atoms with E-state index in [1.807, 2.05) is 0 Å². The molecule has 6 nitrogen and oxygen atoms in total. The minimum absolute atomic E-state index is 0.0250. The number of hydrogen-bond acceptors (Lipinski definition) is 4. The van der Waals surface area contributed by atoms with Gasteiger partial charge < -0.3 is 19.9 Å². The highest BCUT2D eigenvalue weighted by Gasteiger charge is 2.20. The van der Waals surface area contributed by atoms with Crippen LogP contribution in [0.25, 0.3) is 0 Å². The molecule has 1 aliphatic carbocycles. The number of carbonyl (C=O) groups is 2. The zero-order valence-electron chi connectivity index (χ0n) is 11.9. The highest BCUT2D eigenvalue weighted by atomic mass is 16.5. The van der Waals surface area contributed by atoms with Crippen LogP contribution in [0.4, 0.5) is 0 Å². The number of carboxylic acid groups (broad SMARTS) is 1.